The molecule has 2 unspecified atom stereocenters. The molecule has 1 rings (SSSR count). The Hall–Kier alpha value is 0.210. The van der Waals surface area contributed by atoms with Crippen LogP contribution in [0.4, 0.5) is 0 Å². The van der Waals surface area contributed by atoms with Crippen LogP contribution >= 0.6 is 11.6 Å². The summed E-state index contributed by atoms with van der Waals surface area (Å²) >= 11 is 5.99. The van der Waals surface area contributed by atoms with Crippen molar-refractivity contribution in [1.29, 1.82) is 0 Å². The Balaban J connectivity index is 2.23. The second-order valence-corrected chi connectivity index (χ2v) is 4.99. The lowest BCUT2D eigenvalue weighted by Gasteiger charge is -2.25. The van der Waals surface area contributed by atoms with Crippen LogP contribution in [0.2, 0.25) is 0 Å². The van der Waals surface area contributed by atoms with E-state index in [4.69, 9.17) is 11.6 Å². The fourth-order valence-electron chi connectivity index (χ4n) is 2.20. The third-order valence-electron chi connectivity index (χ3n) is 3.21. The van der Waals surface area contributed by atoms with Crippen molar-refractivity contribution in [3.05, 3.63) is 0 Å². The Morgan fingerprint density at radius 2 is 2.14 bits per heavy atom. The van der Waals surface area contributed by atoms with Crippen LogP contribution in [0.15, 0.2) is 0 Å². The molecule has 0 spiro atoms. The van der Waals surface area contributed by atoms with Crippen LogP contribution in [-0.2, 0) is 0 Å². The fraction of sp³-hybridized carbons (Fsp3) is 1.00. The van der Waals surface area contributed by atoms with Crippen molar-refractivity contribution in [2.45, 2.75) is 25.8 Å². The highest BCUT2D eigenvalue weighted by molar-refractivity contribution is 6.18. The van der Waals surface area contributed by atoms with Gasteiger partial charge in [-0.3, -0.25) is 4.90 Å². The minimum absolute atomic E-state index is 0.624. The zero-order chi connectivity index (χ0) is 10.6. The summed E-state index contributed by atoms with van der Waals surface area (Å²) in [6.07, 6.45) is 2.58. The van der Waals surface area contributed by atoms with E-state index in [1.807, 2.05) is 0 Å². The monoisotopic (exact) mass is 218 g/mol. The minimum Gasteiger partial charge on any atom is -0.309 e. The van der Waals surface area contributed by atoms with Gasteiger partial charge >= 0.3 is 0 Å². The molecule has 1 aliphatic rings. The average molecular weight is 219 g/mol. The zero-order valence-corrected chi connectivity index (χ0v) is 10.4. The molecule has 1 saturated heterocycles. The molecule has 2 nitrogen and oxygen atoms in total. The SMILES string of the molecule is CC1CCN(CCCN(C)C)C1CCl. The molecular weight excluding hydrogens is 196 g/mol. The first-order valence-corrected chi connectivity index (χ1v) is 6.13. The molecule has 0 aromatic carbocycles. The molecule has 1 aliphatic heterocycles. The highest BCUT2D eigenvalue weighted by atomic mass is 35.5. The molecule has 2 atom stereocenters. The van der Waals surface area contributed by atoms with Gasteiger partial charge in [0.15, 0.2) is 0 Å². The molecule has 0 radical (unpaired) electrons. The van der Waals surface area contributed by atoms with Crippen molar-refractivity contribution in [2.75, 3.05) is 39.6 Å². The first-order chi connectivity index (χ1) is 6.65. The topological polar surface area (TPSA) is 6.48 Å². The van der Waals surface area contributed by atoms with E-state index >= 15 is 0 Å². The van der Waals surface area contributed by atoms with E-state index in [1.54, 1.807) is 0 Å². The molecule has 1 fully saturated rings. The van der Waals surface area contributed by atoms with Crippen LogP contribution in [0.3, 0.4) is 0 Å². The van der Waals surface area contributed by atoms with Crippen LogP contribution < -0.4 is 0 Å². The van der Waals surface area contributed by atoms with Crippen LogP contribution in [-0.4, -0.2) is 55.5 Å². The molecule has 0 amide bonds. The smallest absolute Gasteiger partial charge is 0.0382 e. The second kappa shape index (κ2) is 5.94. The Labute approximate surface area is 93.2 Å². The Morgan fingerprint density at radius 3 is 2.71 bits per heavy atom. The molecule has 0 N–H and O–H groups in total. The lowest BCUT2D eigenvalue weighted by atomic mass is 10.1. The van der Waals surface area contributed by atoms with E-state index < -0.39 is 0 Å². The van der Waals surface area contributed by atoms with Gasteiger partial charge in [0.05, 0.1) is 0 Å². The summed E-state index contributed by atoms with van der Waals surface area (Å²) in [5, 5.41) is 0. The Morgan fingerprint density at radius 1 is 1.43 bits per heavy atom. The van der Waals surface area contributed by atoms with E-state index in [9.17, 15) is 0 Å². The summed E-state index contributed by atoms with van der Waals surface area (Å²) in [7, 11) is 4.26. The lowest BCUT2D eigenvalue weighted by Crippen LogP contribution is -2.35. The van der Waals surface area contributed by atoms with Gasteiger partial charge in [0.25, 0.3) is 0 Å². The summed E-state index contributed by atoms with van der Waals surface area (Å²) in [6, 6.07) is 0.624. The van der Waals surface area contributed by atoms with Gasteiger partial charge in [-0.1, -0.05) is 6.92 Å². The maximum absolute atomic E-state index is 5.99. The molecule has 0 bridgehead atoms. The fourth-order valence-corrected chi connectivity index (χ4v) is 2.70. The van der Waals surface area contributed by atoms with Gasteiger partial charge in [-0.2, -0.15) is 0 Å². The highest BCUT2D eigenvalue weighted by Crippen LogP contribution is 2.24. The van der Waals surface area contributed by atoms with Crippen molar-refractivity contribution in [3.63, 3.8) is 0 Å². The molecule has 3 heteroatoms. The number of nitrogens with zero attached hydrogens (tertiary/aromatic N) is 2. The van der Waals surface area contributed by atoms with Crippen LogP contribution in [0, 0.1) is 5.92 Å². The van der Waals surface area contributed by atoms with Gasteiger partial charge in [-0.05, 0) is 52.5 Å². The van der Waals surface area contributed by atoms with Crippen LogP contribution in [0.25, 0.3) is 0 Å². The van der Waals surface area contributed by atoms with Gasteiger partial charge in [0, 0.05) is 11.9 Å². The number of rotatable bonds is 5. The maximum atomic E-state index is 5.99. The van der Waals surface area contributed by atoms with Crippen LogP contribution in [0.5, 0.6) is 0 Å². The third kappa shape index (κ3) is 3.41. The quantitative estimate of drug-likeness (QED) is 0.651. The standard InChI is InChI=1S/C11H23ClN2/c1-10-5-8-14(11(10)9-12)7-4-6-13(2)3/h10-11H,4-9H2,1-3H3. The first kappa shape index (κ1) is 12.3. The number of alkyl halides is 1. The predicted octanol–water partition coefficient (Wildman–Crippen LogP) is 1.89. The van der Waals surface area contributed by atoms with Crippen molar-refractivity contribution >= 4 is 11.6 Å². The summed E-state index contributed by atoms with van der Waals surface area (Å²) in [6.45, 7) is 5.95. The van der Waals surface area contributed by atoms with Crippen molar-refractivity contribution in [1.82, 2.24) is 9.80 Å². The molecule has 0 aliphatic carbocycles. The average Bonchev–Trinajstić information content (AvgIpc) is 2.46. The highest BCUT2D eigenvalue weighted by Gasteiger charge is 2.29. The molecule has 14 heavy (non-hydrogen) atoms. The predicted molar refractivity (Wildman–Crippen MR) is 63.0 cm³/mol. The third-order valence-corrected chi connectivity index (χ3v) is 3.52. The molecule has 84 valence electrons. The number of hydrogen-bond donors (Lipinski definition) is 0. The van der Waals surface area contributed by atoms with Gasteiger partial charge in [-0.25, -0.2) is 0 Å². The normalized spacial score (nSPS) is 28.9. The van der Waals surface area contributed by atoms with Crippen molar-refractivity contribution < 1.29 is 0 Å². The van der Waals surface area contributed by atoms with Gasteiger partial charge in [0.1, 0.15) is 0 Å². The zero-order valence-electron chi connectivity index (χ0n) is 9.67. The summed E-state index contributed by atoms with van der Waals surface area (Å²) in [5.41, 5.74) is 0. The van der Waals surface area contributed by atoms with Gasteiger partial charge < -0.3 is 4.90 Å². The number of hydrogen-bond acceptors (Lipinski definition) is 2. The van der Waals surface area contributed by atoms with E-state index in [0.717, 1.165) is 11.8 Å². The first-order valence-electron chi connectivity index (χ1n) is 5.60. The van der Waals surface area contributed by atoms with E-state index in [-0.39, 0.29) is 0 Å². The minimum atomic E-state index is 0.624. The van der Waals surface area contributed by atoms with E-state index in [1.165, 1.54) is 32.5 Å². The Kier molecular flexibility index (Phi) is 5.21. The summed E-state index contributed by atoms with van der Waals surface area (Å²) in [5.74, 6) is 1.58. The van der Waals surface area contributed by atoms with E-state index in [2.05, 4.69) is 30.8 Å². The Bertz CT molecular complexity index is 161. The molecular formula is C11H23ClN2. The number of halogens is 1. The molecule has 0 saturated carbocycles. The molecule has 0 aromatic heterocycles. The van der Waals surface area contributed by atoms with Gasteiger partial charge in [-0.15, -0.1) is 11.6 Å². The molecule has 1 heterocycles. The summed E-state index contributed by atoms with van der Waals surface area (Å²) in [4.78, 5) is 4.80. The number of likely N-dealkylation sites (tertiary alicyclic amines) is 1. The van der Waals surface area contributed by atoms with E-state index in [0.29, 0.717) is 6.04 Å². The second-order valence-electron chi connectivity index (χ2n) is 4.68. The lowest BCUT2D eigenvalue weighted by molar-refractivity contribution is 0.235. The largest absolute Gasteiger partial charge is 0.309 e. The summed E-state index contributed by atoms with van der Waals surface area (Å²) < 4.78 is 0. The van der Waals surface area contributed by atoms with Crippen molar-refractivity contribution in [2.24, 2.45) is 5.92 Å². The maximum Gasteiger partial charge on any atom is 0.0382 e. The van der Waals surface area contributed by atoms with Crippen LogP contribution in [0.1, 0.15) is 19.8 Å². The van der Waals surface area contributed by atoms with Crippen molar-refractivity contribution in [3.8, 4) is 0 Å². The molecule has 0 aromatic rings. The van der Waals surface area contributed by atoms with Gasteiger partial charge in [0.2, 0.25) is 0 Å².